The van der Waals surface area contributed by atoms with E-state index in [0.29, 0.717) is 23.8 Å². The number of ether oxygens (including phenoxy) is 2. The van der Waals surface area contributed by atoms with Crippen molar-refractivity contribution >= 4 is 11.7 Å². The minimum absolute atomic E-state index is 0.0279. The van der Waals surface area contributed by atoms with Gasteiger partial charge in [0.25, 0.3) is 0 Å². The minimum atomic E-state index is -1.00. The second kappa shape index (κ2) is 9.25. The molecule has 182 valence electrons. The summed E-state index contributed by atoms with van der Waals surface area (Å²) in [5, 5.41) is 11.6. The van der Waals surface area contributed by atoms with E-state index in [4.69, 9.17) is 9.47 Å². The fraction of sp³-hybridized carbons (Fsp3) is 0.345. The van der Waals surface area contributed by atoms with Gasteiger partial charge in [-0.05, 0) is 71.7 Å². The molecule has 5 rings (SSSR count). The van der Waals surface area contributed by atoms with Gasteiger partial charge in [0.2, 0.25) is 0 Å². The van der Waals surface area contributed by atoms with Crippen molar-refractivity contribution in [3.63, 3.8) is 0 Å². The summed E-state index contributed by atoms with van der Waals surface area (Å²) in [5.74, 6) is -0.124. The third kappa shape index (κ3) is 4.45. The van der Waals surface area contributed by atoms with E-state index in [1.807, 2.05) is 43.4 Å². The van der Waals surface area contributed by atoms with Crippen LogP contribution in [0.4, 0.5) is 10.1 Å². The van der Waals surface area contributed by atoms with Crippen molar-refractivity contribution in [2.24, 2.45) is 11.8 Å². The van der Waals surface area contributed by atoms with Gasteiger partial charge in [0.05, 0.1) is 18.8 Å². The quantitative estimate of drug-likeness (QED) is 0.485. The predicted molar refractivity (Wildman–Crippen MR) is 131 cm³/mol. The van der Waals surface area contributed by atoms with E-state index in [-0.39, 0.29) is 17.8 Å². The molecule has 0 amide bonds. The maximum Gasteiger partial charge on any atom is 0.142 e. The van der Waals surface area contributed by atoms with Crippen molar-refractivity contribution in [2.45, 2.75) is 31.7 Å². The first-order valence-electron chi connectivity index (χ1n) is 12.0. The maximum absolute atomic E-state index is 14.4. The highest BCUT2D eigenvalue weighted by atomic mass is 19.1. The van der Waals surface area contributed by atoms with Gasteiger partial charge in [-0.2, -0.15) is 0 Å². The lowest BCUT2D eigenvalue weighted by Gasteiger charge is -2.37. The van der Waals surface area contributed by atoms with Crippen LogP contribution in [0.5, 0.6) is 11.5 Å². The maximum atomic E-state index is 14.4. The fourth-order valence-corrected chi connectivity index (χ4v) is 5.22. The lowest BCUT2D eigenvalue weighted by Crippen LogP contribution is -2.35. The number of likely N-dealkylation sites (N-methyl/N-ethyl adjacent to an activating group) is 1. The number of methoxy groups -OCH3 is 1. The number of hydrogen-bond donors (Lipinski definition) is 0. The summed E-state index contributed by atoms with van der Waals surface area (Å²) in [5.41, 5.74) is 4.28. The summed E-state index contributed by atoms with van der Waals surface area (Å²) < 4.78 is 25.8. The van der Waals surface area contributed by atoms with E-state index >= 15 is 0 Å². The van der Waals surface area contributed by atoms with Crippen molar-refractivity contribution in [1.29, 1.82) is 0 Å². The second-order valence-corrected chi connectivity index (χ2v) is 9.60. The van der Waals surface area contributed by atoms with Crippen LogP contribution in [0.1, 0.15) is 42.9 Å². The molecule has 3 aromatic rings. The Morgan fingerprint density at radius 3 is 2.51 bits per heavy atom. The summed E-state index contributed by atoms with van der Waals surface area (Å²) in [4.78, 5) is 13.8. The summed E-state index contributed by atoms with van der Waals surface area (Å²) in [6.45, 7) is 2.23. The van der Waals surface area contributed by atoms with Crippen LogP contribution in [0.15, 0.2) is 60.7 Å². The molecular weight excluding hydrogens is 445 g/mol. The molecule has 1 aliphatic carbocycles. The Morgan fingerprint density at radius 1 is 1.11 bits per heavy atom. The second-order valence-electron chi connectivity index (χ2n) is 9.60. The standard InChI is InChI=1S/C29H30FNO4/c1-17(29(32)33)28(20-8-9-20)21-10-13-27-25(14-21)31(2)26(16-35-27)19-6-4-18(5-7-19)23-15-22(34-3)11-12-24(23)30/h4-7,10-15,17,20,26,28H,8-9,16H2,1-3H3,(H,32,33)/p-1/t17-,26?,28-/m0/s1. The van der Waals surface area contributed by atoms with Crippen LogP contribution < -0.4 is 19.5 Å². The van der Waals surface area contributed by atoms with Crippen molar-refractivity contribution in [1.82, 2.24) is 0 Å². The first-order chi connectivity index (χ1) is 16.9. The molecule has 5 nitrogen and oxygen atoms in total. The number of hydrogen-bond acceptors (Lipinski definition) is 5. The number of benzene rings is 3. The molecule has 3 atom stereocenters. The van der Waals surface area contributed by atoms with Gasteiger partial charge in [0.1, 0.15) is 23.9 Å². The molecule has 0 N–H and O–H groups in total. The number of carbonyl (C=O) groups excluding carboxylic acids is 1. The monoisotopic (exact) mass is 474 g/mol. The zero-order valence-corrected chi connectivity index (χ0v) is 20.2. The van der Waals surface area contributed by atoms with Gasteiger partial charge in [-0.15, -0.1) is 0 Å². The SMILES string of the molecule is COc1ccc(F)c(-c2ccc(C3COc4ccc([C@H](C5CC5)[C@H](C)C(=O)[O-])cc4N3C)cc2)c1. The average Bonchev–Trinajstić information content (AvgIpc) is 3.70. The van der Waals surface area contributed by atoms with Gasteiger partial charge >= 0.3 is 0 Å². The highest BCUT2D eigenvalue weighted by molar-refractivity contribution is 5.70. The summed E-state index contributed by atoms with van der Waals surface area (Å²) in [6, 6.07) is 18.5. The van der Waals surface area contributed by atoms with Gasteiger partial charge in [-0.25, -0.2) is 4.39 Å². The Labute approximate surface area is 205 Å². The molecule has 1 heterocycles. The number of rotatable bonds is 7. The number of halogens is 1. The molecule has 2 aliphatic rings. The Kier molecular flexibility index (Phi) is 6.13. The third-order valence-corrected chi connectivity index (χ3v) is 7.43. The summed E-state index contributed by atoms with van der Waals surface area (Å²) in [6.07, 6.45) is 2.10. The highest BCUT2D eigenvalue weighted by Gasteiger charge is 2.37. The number of fused-ring (bicyclic) bond motifs is 1. The lowest BCUT2D eigenvalue weighted by atomic mass is 9.83. The molecule has 1 fully saturated rings. The zero-order valence-electron chi connectivity index (χ0n) is 20.2. The zero-order chi connectivity index (χ0) is 24.7. The Bertz CT molecular complexity index is 1240. The van der Waals surface area contributed by atoms with Crippen LogP contribution in [-0.2, 0) is 4.79 Å². The molecule has 1 unspecified atom stereocenters. The van der Waals surface area contributed by atoms with Crippen LogP contribution in [-0.4, -0.2) is 26.7 Å². The minimum Gasteiger partial charge on any atom is -0.550 e. The van der Waals surface area contributed by atoms with Gasteiger partial charge in [-0.3, -0.25) is 0 Å². The van der Waals surface area contributed by atoms with E-state index < -0.39 is 11.9 Å². The smallest absolute Gasteiger partial charge is 0.142 e. The van der Waals surface area contributed by atoms with E-state index in [1.54, 1.807) is 26.2 Å². The number of aliphatic carboxylic acids is 1. The predicted octanol–water partition coefficient (Wildman–Crippen LogP) is 4.95. The topological polar surface area (TPSA) is 61.8 Å². The van der Waals surface area contributed by atoms with Crippen LogP contribution in [0.2, 0.25) is 0 Å². The number of carboxylic acids is 1. The summed E-state index contributed by atoms with van der Waals surface area (Å²) in [7, 11) is 3.59. The highest BCUT2D eigenvalue weighted by Crippen LogP contribution is 2.49. The molecule has 6 heteroatoms. The van der Waals surface area contributed by atoms with Gasteiger partial charge in [-0.1, -0.05) is 37.3 Å². The van der Waals surface area contributed by atoms with Gasteiger partial charge in [0.15, 0.2) is 0 Å². The van der Waals surface area contributed by atoms with Gasteiger partial charge < -0.3 is 24.3 Å². The molecule has 3 aromatic carbocycles. The van der Waals surface area contributed by atoms with Crippen LogP contribution in [0, 0.1) is 17.7 Å². The Hall–Kier alpha value is -3.54. The number of carbonyl (C=O) groups is 1. The van der Waals surface area contributed by atoms with Crippen molar-refractivity contribution in [2.75, 3.05) is 25.7 Å². The Balaban J connectivity index is 1.42. The molecule has 1 saturated carbocycles. The molecular formula is C29H29FNO4-. The normalized spacial score (nSPS) is 18.9. The summed E-state index contributed by atoms with van der Waals surface area (Å²) >= 11 is 0. The Morgan fingerprint density at radius 2 is 1.86 bits per heavy atom. The van der Waals surface area contributed by atoms with Crippen LogP contribution >= 0.6 is 0 Å². The van der Waals surface area contributed by atoms with Crippen molar-refractivity contribution in [3.8, 4) is 22.6 Å². The number of carboxylic acid groups (broad SMARTS) is 1. The van der Waals surface area contributed by atoms with E-state index in [0.717, 1.165) is 41.0 Å². The van der Waals surface area contributed by atoms with E-state index in [2.05, 4.69) is 11.0 Å². The largest absolute Gasteiger partial charge is 0.550 e. The third-order valence-electron chi connectivity index (χ3n) is 7.43. The lowest BCUT2D eigenvalue weighted by molar-refractivity contribution is -0.311. The molecule has 0 aromatic heterocycles. The molecule has 0 radical (unpaired) electrons. The van der Waals surface area contributed by atoms with E-state index in [9.17, 15) is 14.3 Å². The number of anilines is 1. The van der Waals surface area contributed by atoms with Crippen LogP contribution in [0.25, 0.3) is 11.1 Å². The molecule has 0 saturated heterocycles. The van der Waals surface area contributed by atoms with Crippen LogP contribution in [0.3, 0.4) is 0 Å². The molecule has 0 bridgehead atoms. The van der Waals surface area contributed by atoms with Gasteiger partial charge in [0, 0.05) is 24.5 Å². The first kappa shape index (κ1) is 23.2. The fourth-order valence-electron chi connectivity index (χ4n) is 5.22. The average molecular weight is 475 g/mol. The van der Waals surface area contributed by atoms with Crippen molar-refractivity contribution in [3.05, 3.63) is 77.6 Å². The van der Waals surface area contributed by atoms with Crippen molar-refractivity contribution < 1.29 is 23.8 Å². The molecule has 1 aliphatic heterocycles. The molecule has 35 heavy (non-hydrogen) atoms. The number of nitrogens with zero attached hydrogens (tertiary/aromatic N) is 1. The first-order valence-corrected chi connectivity index (χ1v) is 12.0. The van der Waals surface area contributed by atoms with E-state index in [1.165, 1.54) is 6.07 Å². The molecule has 0 spiro atoms.